The first-order chi connectivity index (χ1) is 35.6. The van der Waals surface area contributed by atoms with Gasteiger partial charge in [-0.2, -0.15) is 0 Å². The van der Waals surface area contributed by atoms with Crippen molar-refractivity contribution in [2.45, 2.75) is 232 Å². The average Bonchev–Trinajstić information content (AvgIpc) is 3.36. The van der Waals surface area contributed by atoms with E-state index < -0.39 is 24.3 Å². The van der Waals surface area contributed by atoms with Crippen LogP contribution in [0.5, 0.6) is 0 Å². The van der Waals surface area contributed by atoms with Gasteiger partial charge in [0, 0.05) is 12.8 Å². The maximum absolute atomic E-state index is 12.9. The molecule has 0 rings (SSSR count). The van der Waals surface area contributed by atoms with E-state index in [0.29, 0.717) is 17.4 Å². The van der Waals surface area contributed by atoms with E-state index in [-0.39, 0.29) is 38.6 Å². The number of carbonyl (C=O) groups excluding carboxylic acids is 3. The number of unbranched alkanes of at least 4 members (excludes halogenated alkanes) is 19. The lowest BCUT2D eigenvalue weighted by molar-refractivity contribution is -0.870. The number of quaternary nitrogens is 1. The second kappa shape index (κ2) is 54.2. The number of ether oxygens (including phenoxy) is 4. The van der Waals surface area contributed by atoms with Gasteiger partial charge in [-0.05, 0) is 103 Å². The Morgan fingerprint density at radius 3 is 1.16 bits per heavy atom. The summed E-state index contributed by atoms with van der Waals surface area (Å²) in [5.41, 5.74) is 0. The largest absolute Gasteiger partial charge is 0.545 e. The van der Waals surface area contributed by atoms with Gasteiger partial charge in [0.1, 0.15) is 13.2 Å². The lowest BCUT2D eigenvalue weighted by Gasteiger charge is -2.26. The van der Waals surface area contributed by atoms with Crippen molar-refractivity contribution < 1.29 is 42.9 Å². The third kappa shape index (κ3) is 55.5. The molecule has 0 aromatic heterocycles. The molecule has 2 atom stereocenters. The zero-order chi connectivity index (χ0) is 53.4. The fourth-order valence-electron chi connectivity index (χ4n) is 7.55. The molecule has 0 bridgehead atoms. The van der Waals surface area contributed by atoms with Gasteiger partial charge in [-0.3, -0.25) is 9.59 Å². The summed E-state index contributed by atoms with van der Waals surface area (Å²) in [5, 5.41) is 11.8. The molecular weight excluding hydrogens is 911 g/mol. The minimum atomic E-state index is -1.63. The second-order valence-corrected chi connectivity index (χ2v) is 20.2. The quantitative estimate of drug-likeness (QED) is 0.0195. The van der Waals surface area contributed by atoms with Crippen molar-refractivity contribution in [3.8, 4) is 0 Å². The topological polar surface area (TPSA) is 111 Å². The number of allylic oxidation sites excluding steroid dienone is 18. The molecule has 0 spiro atoms. The summed E-state index contributed by atoms with van der Waals surface area (Å²) in [4.78, 5) is 37.3. The maximum Gasteiger partial charge on any atom is 0.306 e. The molecule has 0 fully saturated rings. The summed E-state index contributed by atoms with van der Waals surface area (Å²) in [6.07, 6.45) is 71.2. The van der Waals surface area contributed by atoms with Gasteiger partial charge in [-0.15, -0.1) is 0 Å². The molecule has 0 amide bonds. The number of aliphatic carboxylic acids is 1. The Morgan fingerprint density at radius 1 is 0.425 bits per heavy atom. The van der Waals surface area contributed by atoms with Crippen molar-refractivity contribution in [2.24, 2.45) is 0 Å². The lowest BCUT2D eigenvalue weighted by Crippen LogP contribution is -2.44. The summed E-state index contributed by atoms with van der Waals surface area (Å²) in [7, 11) is 5.91. The van der Waals surface area contributed by atoms with E-state index in [4.69, 9.17) is 18.9 Å². The number of rotatable bonds is 52. The SMILES string of the molecule is CC/C=C\C/C=C\C/C=C\C/C=C\C/C=C\C/C=C\C/C=C\CCCCCCCCCC(=O)OC(COC(=O)CCCCCCCCCCC/C=C\C/C=C\CCCCC)COC(OCC[N+](C)(C)C)C(=O)[O-]. The van der Waals surface area contributed by atoms with Crippen LogP contribution in [0.4, 0.5) is 0 Å². The first kappa shape index (κ1) is 69.0. The van der Waals surface area contributed by atoms with Crippen molar-refractivity contribution in [1.82, 2.24) is 0 Å². The molecule has 0 radical (unpaired) electrons. The summed E-state index contributed by atoms with van der Waals surface area (Å²) in [6.45, 7) is 4.58. The minimum absolute atomic E-state index is 0.139. The Balaban J connectivity index is 4.31. The normalized spacial score (nSPS) is 13.6. The van der Waals surface area contributed by atoms with Crippen molar-refractivity contribution in [2.75, 3.05) is 47.5 Å². The van der Waals surface area contributed by atoms with Crippen LogP contribution in [-0.4, -0.2) is 82.3 Å². The predicted octanol–water partition coefficient (Wildman–Crippen LogP) is 15.8. The molecule has 0 N–H and O–H groups in total. The Labute approximate surface area is 447 Å². The first-order valence-electron chi connectivity index (χ1n) is 29.0. The Hall–Kier alpha value is -4.05. The smallest absolute Gasteiger partial charge is 0.306 e. The van der Waals surface area contributed by atoms with E-state index in [1.807, 2.05) is 21.1 Å². The molecule has 73 heavy (non-hydrogen) atoms. The van der Waals surface area contributed by atoms with Crippen LogP contribution in [0.3, 0.4) is 0 Å². The van der Waals surface area contributed by atoms with Crippen molar-refractivity contribution in [3.05, 3.63) is 109 Å². The molecule has 0 saturated carbocycles. The molecule has 9 nitrogen and oxygen atoms in total. The number of carboxylic acid groups (broad SMARTS) is 1. The standard InChI is InChI=1S/C64H107NO8/c1-6-8-10-12-14-16-18-20-22-24-26-27-28-29-30-31-32-33-34-35-37-39-41-43-45-47-49-51-53-55-62(67)73-60(59-72-64(63(68)69)70-57-56-65(3,4)5)58-71-61(66)54-52-50-48-46-44-42-40-38-36-25-23-21-19-17-15-13-11-9-7-2/h8,10,14-17,20-23,26-27,29-30,32-33,35,37,60,64H,6-7,9,11-13,18-19,24-25,28,31,34,36,38-59H2,1-5H3/b10-8-,16-14-,17-15-,22-20-,23-21-,27-26-,30-29-,33-32-,37-35-. The molecule has 0 aliphatic heterocycles. The van der Waals surface area contributed by atoms with E-state index in [0.717, 1.165) is 109 Å². The molecule has 0 heterocycles. The van der Waals surface area contributed by atoms with Gasteiger partial charge in [0.15, 0.2) is 12.4 Å². The van der Waals surface area contributed by atoms with Crippen LogP contribution in [0, 0.1) is 0 Å². The van der Waals surface area contributed by atoms with Crippen LogP contribution in [0.2, 0.25) is 0 Å². The Morgan fingerprint density at radius 2 is 0.781 bits per heavy atom. The predicted molar refractivity (Wildman–Crippen MR) is 306 cm³/mol. The molecule has 0 saturated heterocycles. The van der Waals surface area contributed by atoms with Crippen molar-refractivity contribution >= 4 is 17.9 Å². The number of nitrogens with zero attached hydrogens (tertiary/aromatic N) is 1. The highest BCUT2D eigenvalue weighted by molar-refractivity contribution is 5.70. The molecule has 0 aromatic rings. The van der Waals surface area contributed by atoms with E-state index in [1.54, 1.807) is 0 Å². The van der Waals surface area contributed by atoms with E-state index in [1.165, 1.54) is 77.0 Å². The lowest BCUT2D eigenvalue weighted by atomic mass is 10.1. The number of carboxylic acids is 1. The van der Waals surface area contributed by atoms with Gasteiger partial charge in [-0.1, -0.05) is 213 Å². The van der Waals surface area contributed by atoms with Crippen LogP contribution in [0.1, 0.15) is 219 Å². The van der Waals surface area contributed by atoms with Gasteiger partial charge in [0.05, 0.1) is 40.3 Å². The molecule has 0 aliphatic rings. The van der Waals surface area contributed by atoms with Gasteiger partial charge in [0.25, 0.3) is 0 Å². The zero-order valence-corrected chi connectivity index (χ0v) is 47.2. The minimum Gasteiger partial charge on any atom is -0.545 e. The summed E-state index contributed by atoms with van der Waals surface area (Å²) >= 11 is 0. The summed E-state index contributed by atoms with van der Waals surface area (Å²) < 4.78 is 22.7. The average molecular weight is 1020 g/mol. The number of carbonyl (C=O) groups is 3. The molecule has 416 valence electrons. The second-order valence-electron chi connectivity index (χ2n) is 20.2. The molecule has 0 aromatic carbocycles. The third-order valence-electron chi connectivity index (χ3n) is 12.0. The zero-order valence-electron chi connectivity index (χ0n) is 47.2. The highest BCUT2D eigenvalue weighted by Gasteiger charge is 2.22. The Kier molecular flexibility index (Phi) is 51.2. The van der Waals surface area contributed by atoms with E-state index in [2.05, 4.69) is 123 Å². The van der Waals surface area contributed by atoms with Crippen LogP contribution >= 0.6 is 0 Å². The van der Waals surface area contributed by atoms with Crippen LogP contribution in [0.15, 0.2) is 109 Å². The fraction of sp³-hybridized carbons (Fsp3) is 0.672. The number of hydrogen-bond donors (Lipinski definition) is 0. The maximum atomic E-state index is 12.9. The highest BCUT2D eigenvalue weighted by Crippen LogP contribution is 2.14. The highest BCUT2D eigenvalue weighted by atomic mass is 16.7. The monoisotopic (exact) mass is 1020 g/mol. The molecule has 9 heteroatoms. The van der Waals surface area contributed by atoms with E-state index >= 15 is 0 Å². The summed E-state index contributed by atoms with van der Waals surface area (Å²) in [6, 6.07) is 0. The number of likely N-dealkylation sites (N-methyl/N-ethyl adjacent to an activating group) is 1. The molecule has 2 unspecified atom stereocenters. The van der Waals surface area contributed by atoms with Crippen LogP contribution < -0.4 is 5.11 Å². The van der Waals surface area contributed by atoms with Crippen LogP contribution in [0.25, 0.3) is 0 Å². The molecule has 0 aliphatic carbocycles. The number of esters is 2. The fourth-order valence-corrected chi connectivity index (χ4v) is 7.55. The Bertz CT molecular complexity index is 1560. The van der Waals surface area contributed by atoms with Gasteiger partial charge in [-0.25, -0.2) is 0 Å². The molecular formula is C64H107NO8. The van der Waals surface area contributed by atoms with Gasteiger partial charge >= 0.3 is 11.9 Å². The van der Waals surface area contributed by atoms with Crippen molar-refractivity contribution in [3.63, 3.8) is 0 Å². The number of hydrogen-bond acceptors (Lipinski definition) is 8. The van der Waals surface area contributed by atoms with Gasteiger partial charge < -0.3 is 33.3 Å². The van der Waals surface area contributed by atoms with Crippen LogP contribution in [-0.2, 0) is 33.3 Å². The van der Waals surface area contributed by atoms with E-state index in [9.17, 15) is 19.5 Å². The summed E-state index contributed by atoms with van der Waals surface area (Å²) in [5.74, 6) is -2.31. The van der Waals surface area contributed by atoms with Gasteiger partial charge in [0.2, 0.25) is 0 Å². The third-order valence-corrected chi connectivity index (χ3v) is 12.0. The first-order valence-corrected chi connectivity index (χ1v) is 29.0. The van der Waals surface area contributed by atoms with Crippen molar-refractivity contribution in [1.29, 1.82) is 0 Å².